The van der Waals surface area contributed by atoms with E-state index in [1.807, 2.05) is 18.2 Å². The van der Waals surface area contributed by atoms with E-state index in [4.69, 9.17) is 31.8 Å². The molecule has 8 nitrogen and oxygen atoms in total. The molecule has 5 heterocycles. The molecule has 0 bridgehead atoms. The van der Waals surface area contributed by atoms with E-state index in [-0.39, 0.29) is 17.6 Å². The van der Waals surface area contributed by atoms with E-state index in [1.54, 1.807) is 24.4 Å². The maximum atomic E-state index is 14.7. The quantitative estimate of drug-likeness (QED) is 0.301. The third-order valence-corrected chi connectivity index (χ3v) is 8.81. The maximum absolute atomic E-state index is 14.7. The van der Waals surface area contributed by atoms with Crippen molar-refractivity contribution in [1.82, 2.24) is 19.4 Å². The maximum Gasteiger partial charge on any atom is 0.267 e. The van der Waals surface area contributed by atoms with Gasteiger partial charge in [-0.15, -0.1) is 0 Å². The third-order valence-electron chi connectivity index (χ3n) is 8.58. The SMILES string of the molecule is NC(=O)c1cc2nc(CN3CCC(c4cccc5c4O[C@@H](c4ccc(Cl)cc4F)C=C5)CC3)n(C[C@@H]3CCO3)c2cn1. The zero-order valence-corrected chi connectivity index (χ0v) is 23.8. The number of aromatic nitrogens is 3. The predicted molar refractivity (Wildman–Crippen MR) is 158 cm³/mol. The number of benzene rings is 2. The summed E-state index contributed by atoms with van der Waals surface area (Å²) in [5, 5.41) is 0.364. The van der Waals surface area contributed by atoms with Crippen LogP contribution < -0.4 is 10.5 Å². The van der Waals surface area contributed by atoms with Gasteiger partial charge in [0.25, 0.3) is 5.91 Å². The van der Waals surface area contributed by atoms with Crippen molar-refractivity contribution in [2.24, 2.45) is 5.73 Å². The van der Waals surface area contributed by atoms with Gasteiger partial charge in [0.05, 0.1) is 36.4 Å². The number of para-hydroxylation sites is 1. The summed E-state index contributed by atoms with van der Waals surface area (Å²) in [7, 11) is 0. The van der Waals surface area contributed by atoms with Crippen LogP contribution in [0.15, 0.2) is 54.7 Å². The molecular formula is C32H31ClFN5O3. The van der Waals surface area contributed by atoms with Crippen LogP contribution in [0.25, 0.3) is 17.1 Å². The van der Waals surface area contributed by atoms with Crippen LogP contribution in [0.2, 0.25) is 5.02 Å². The lowest BCUT2D eigenvalue weighted by atomic mass is 9.87. The molecule has 0 spiro atoms. The first kappa shape index (κ1) is 27.1. The van der Waals surface area contributed by atoms with Crippen LogP contribution in [0.5, 0.6) is 5.75 Å². The van der Waals surface area contributed by atoms with E-state index in [2.05, 4.69) is 26.6 Å². The average molecular weight is 588 g/mol. The second kappa shape index (κ2) is 11.1. The Hall–Kier alpha value is -3.79. The molecule has 3 aliphatic rings. The predicted octanol–water partition coefficient (Wildman–Crippen LogP) is 5.64. The molecule has 0 saturated carbocycles. The number of ether oxygens (including phenoxy) is 2. The number of halogens is 2. The number of nitrogens with two attached hydrogens (primary N) is 1. The van der Waals surface area contributed by atoms with Crippen molar-refractivity contribution >= 4 is 34.6 Å². The minimum atomic E-state index is -0.565. The first-order valence-corrected chi connectivity index (χ1v) is 14.7. The number of primary amides is 1. The lowest BCUT2D eigenvalue weighted by Crippen LogP contribution is -2.35. The zero-order valence-electron chi connectivity index (χ0n) is 23.0. The summed E-state index contributed by atoms with van der Waals surface area (Å²) in [5.41, 5.74) is 9.92. The number of hydrogen-bond acceptors (Lipinski definition) is 6. The standard InChI is InChI=1S/C32H31ClFN5O3/c33-21-5-6-24(25(34)14-21)29-7-4-20-2-1-3-23(31(20)42-29)19-8-11-38(12-9-19)18-30-37-26-15-27(32(35)40)36-16-28(26)39(30)17-22-10-13-41-22/h1-7,14-16,19,22,29H,8-13,17-18H2,(H2,35,40)/t22-,29+/m0/s1. The van der Waals surface area contributed by atoms with Gasteiger partial charge >= 0.3 is 0 Å². The van der Waals surface area contributed by atoms with E-state index < -0.39 is 12.0 Å². The Morgan fingerprint density at radius 2 is 1.95 bits per heavy atom. The number of likely N-dealkylation sites (tertiary alicyclic amines) is 1. The fourth-order valence-electron chi connectivity index (χ4n) is 6.19. The largest absolute Gasteiger partial charge is 0.481 e. The fraction of sp³-hybridized carbons (Fsp3) is 0.344. The number of carbonyl (C=O) groups is 1. The molecule has 2 saturated heterocycles. The van der Waals surface area contributed by atoms with Gasteiger partial charge in [-0.2, -0.15) is 0 Å². The number of nitrogens with zero attached hydrogens (tertiary/aromatic N) is 4. The number of piperidine rings is 1. The molecule has 42 heavy (non-hydrogen) atoms. The Morgan fingerprint density at radius 3 is 2.69 bits per heavy atom. The highest BCUT2D eigenvalue weighted by Gasteiger charge is 2.29. The molecule has 7 rings (SSSR count). The Balaban J connectivity index is 1.08. The summed E-state index contributed by atoms with van der Waals surface area (Å²) < 4.78 is 29.0. The monoisotopic (exact) mass is 587 g/mol. The van der Waals surface area contributed by atoms with Crippen LogP contribution >= 0.6 is 11.6 Å². The van der Waals surface area contributed by atoms with Crippen molar-refractivity contribution < 1.29 is 18.7 Å². The second-order valence-electron chi connectivity index (χ2n) is 11.2. The molecule has 2 aromatic carbocycles. The van der Waals surface area contributed by atoms with Gasteiger partial charge in [0.2, 0.25) is 0 Å². The fourth-order valence-corrected chi connectivity index (χ4v) is 6.34. The van der Waals surface area contributed by atoms with E-state index in [0.717, 1.165) is 72.7 Å². The van der Waals surface area contributed by atoms with Crippen molar-refractivity contribution in [2.45, 2.75) is 50.5 Å². The molecule has 0 radical (unpaired) electrons. The summed E-state index contributed by atoms with van der Waals surface area (Å²) >= 11 is 5.97. The average Bonchev–Trinajstić information content (AvgIpc) is 3.30. The lowest BCUT2D eigenvalue weighted by Gasteiger charge is -2.34. The summed E-state index contributed by atoms with van der Waals surface area (Å²) in [6.45, 7) is 3.96. The highest BCUT2D eigenvalue weighted by atomic mass is 35.5. The van der Waals surface area contributed by atoms with E-state index in [9.17, 15) is 9.18 Å². The number of pyridine rings is 1. The number of hydrogen-bond donors (Lipinski definition) is 1. The van der Waals surface area contributed by atoms with Crippen molar-refractivity contribution in [3.05, 3.63) is 93.8 Å². The minimum absolute atomic E-state index is 0.159. The van der Waals surface area contributed by atoms with Gasteiger partial charge in [0.15, 0.2) is 0 Å². The first-order valence-electron chi connectivity index (χ1n) is 14.3. The number of carbonyl (C=O) groups excluding carboxylic acids is 1. The van der Waals surface area contributed by atoms with Crippen molar-refractivity contribution in [3.8, 4) is 5.75 Å². The molecule has 2 atom stereocenters. The molecule has 4 aromatic rings. The van der Waals surface area contributed by atoms with Crippen molar-refractivity contribution in [1.29, 1.82) is 0 Å². The van der Waals surface area contributed by atoms with E-state index >= 15 is 0 Å². The molecule has 2 N–H and O–H groups in total. The van der Waals surface area contributed by atoms with Crippen LogP contribution in [-0.4, -0.2) is 51.1 Å². The molecule has 2 aromatic heterocycles. The normalized spacial score (nSPS) is 20.7. The third kappa shape index (κ3) is 5.17. The van der Waals surface area contributed by atoms with Gasteiger partial charge < -0.3 is 19.8 Å². The minimum Gasteiger partial charge on any atom is -0.481 e. The molecule has 1 amide bonds. The topological polar surface area (TPSA) is 95.5 Å². The first-order chi connectivity index (χ1) is 20.4. The van der Waals surface area contributed by atoms with Crippen molar-refractivity contribution in [3.63, 3.8) is 0 Å². The van der Waals surface area contributed by atoms with Gasteiger partial charge in [-0.05, 0) is 68.1 Å². The van der Waals surface area contributed by atoms with Crippen LogP contribution in [0.4, 0.5) is 4.39 Å². The van der Waals surface area contributed by atoms with Gasteiger partial charge in [0.1, 0.15) is 29.2 Å². The Morgan fingerprint density at radius 1 is 1.12 bits per heavy atom. The highest BCUT2D eigenvalue weighted by Crippen LogP contribution is 2.42. The van der Waals surface area contributed by atoms with Gasteiger partial charge in [-0.25, -0.2) is 14.4 Å². The summed E-state index contributed by atoms with van der Waals surface area (Å²) in [6.07, 6.45) is 8.19. The molecule has 216 valence electrons. The molecule has 0 unspecified atom stereocenters. The number of imidazole rings is 1. The smallest absolute Gasteiger partial charge is 0.267 e. The second-order valence-corrected chi connectivity index (χ2v) is 11.7. The van der Waals surface area contributed by atoms with Crippen molar-refractivity contribution in [2.75, 3.05) is 19.7 Å². The van der Waals surface area contributed by atoms with Crippen LogP contribution in [0, 0.1) is 5.82 Å². The van der Waals surface area contributed by atoms with Crippen LogP contribution in [0.1, 0.15) is 64.3 Å². The van der Waals surface area contributed by atoms with E-state index in [0.29, 0.717) is 29.6 Å². The van der Waals surface area contributed by atoms with Crippen LogP contribution in [-0.2, 0) is 17.8 Å². The molecule has 0 aliphatic carbocycles. The Bertz CT molecular complexity index is 1690. The Labute approximate surface area is 247 Å². The van der Waals surface area contributed by atoms with E-state index in [1.165, 1.54) is 6.07 Å². The Kier molecular flexibility index (Phi) is 7.17. The number of amides is 1. The van der Waals surface area contributed by atoms with Crippen LogP contribution in [0.3, 0.4) is 0 Å². The summed E-state index contributed by atoms with van der Waals surface area (Å²) in [6, 6.07) is 12.6. The summed E-state index contributed by atoms with van der Waals surface area (Å²) in [4.78, 5) is 23.3. The molecule has 3 aliphatic heterocycles. The van der Waals surface area contributed by atoms with Gasteiger partial charge in [-0.1, -0.05) is 41.9 Å². The lowest BCUT2D eigenvalue weighted by molar-refractivity contribution is -0.0592. The number of rotatable bonds is 7. The number of fused-ring (bicyclic) bond motifs is 2. The molecule has 2 fully saturated rings. The van der Waals surface area contributed by atoms with Gasteiger partial charge in [0, 0.05) is 22.8 Å². The highest BCUT2D eigenvalue weighted by molar-refractivity contribution is 6.30. The summed E-state index contributed by atoms with van der Waals surface area (Å²) in [5.74, 6) is 1.15. The van der Waals surface area contributed by atoms with Gasteiger partial charge in [-0.3, -0.25) is 9.69 Å². The molecule has 10 heteroatoms. The molecular weight excluding hydrogens is 557 g/mol. The zero-order chi connectivity index (χ0) is 28.8.